The van der Waals surface area contributed by atoms with Crippen LogP contribution in [0, 0.1) is 0 Å². The molecule has 2 aromatic carbocycles. The van der Waals surface area contributed by atoms with Gasteiger partial charge in [0.2, 0.25) is 0 Å². The minimum atomic E-state index is -5.77. The van der Waals surface area contributed by atoms with Crippen LogP contribution in [0.2, 0.25) is 0 Å². The first-order valence-electron chi connectivity index (χ1n) is 7.43. The molecule has 2 rings (SSSR count). The second-order valence-corrected chi connectivity index (χ2v) is 5.28. The molecule has 0 aromatic heterocycles. The fraction of sp³-hybridized carbons (Fsp3) is 0.235. The van der Waals surface area contributed by atoms with Crippen molar-refractivity contribution in [1.29, 1.82) is 0 Å². The standard InChI is InChI=1S/C17H13F6NO3/c18-14(16(19,20)21)17(22,23)27-13-8-6-12(7-9-13)24-15(25)26-10-11-4-2-1-3-5-11/h1-9,14H,10H2,(H,24,25). The molecule has 1 unspecified atom stereocenters. The third-order valence-electron chi connectivity index (χ3n) is 3.15. The first-order chi connectivity index (χ1) is 12.6. The molecule has 0 fully saturated rings. The topological polar surface area (TPSA) is 47.6 Å². The van der Waals surface area contributed by atoms with Crippen LogP contribution in [-0.4, -0.2) is 24.5 Å². The number of hydrogen-bond donors (Lipinski definition) is 1. The number of amides is 1. The largest absolute Gasteiger partial charge is 0.444 e. The van der Waals surface area contributed by atoms with Crippen molar-refractivity contribution in [2.75, 3.05) is 5.32 Å². The molecule has 0 spiro atoms. The van der Waals surface area contributed by atoms with Gasteiger partial charge in [-0.05, 0) is 29.8 Å². The number of rotatable bonds is 6. The van der Waals surface area contributed by atoms with Crippen LogP contribution in [0.15, 0.2) is 54.6 Å². The van der Waals surface area contributed by atoms with E-state index in [9.17, 15) is 31.1 Å². The maximum atomic E-state index is 13.2. The first-order valence-corrected chi connectivity index (χ1v) is 7.43. The van der Waals surface area contributed by atoms with Crippen molar-refractivity contribution >= 4 is 11.8 Å². The van der Waals surface area contributed by atoms with Crippen molar-refractivity contribution in [2.24, 2.45) is 0 Å². The van der Waals surface area contributed by atoms with E-state index < -0.39 is 30.3 Å². The molecule has 146 valence electrons. The van der Waals surface area contributed by atoms with Crippen molar-refractivity contribution in [1.82, 2.24) is 0 Å². The van der Waals surface area contributed by atoms with Crippen LogP contribution >= 0.6 is 0 Å². The van der Waals surface area contributed by atoms with Crippen molar-refractivity contribution in [3.8, 4) is 5.75 Å². The highest BCUT2D eigenvalue weighted by atomic mass is 19.4. The Morgan fingerprint density at radius 3 is 2.11 bits per heavy atom. The van der Waals surface area contributed by atoms with Gasteiger partial charge in [-0.2, -0.15) is 22.0 Å². The van der Waals surface area contributed by atoms with Gasteiger partial charge in [-0.25, -0.2) is 9.18 Å². The Morgan fingerprint density at radius 1 is 0.963 bits per heavy atom. The summed E-state index contributed by atoms with van der Waals surface area (Å²) in [5.41, 5.74) is 0.848. The van der Waals surface area contributed by atoms with Crippen molar-refractivity contribution in [3.63, 3.8) is 0 Å². The summed E-state index contributed by atoms with van der Waals surface area (Å²) in [4.78, 5) is 11.6. The van der Waals surface area contributed by atoms with Crippen LogP contribution in [0.1, 0.15) is 5.56 Å². The molecule has 4 nitrogen and oxygen atoms in total. The number of halogens is 6. The maximum Gasteiger partial charge on any atom is 0.439 e. The van der Waals surface area contributed by atoms with E-state index in [1.165, 1.54) is 0 Å². The van der Waals surface area contributed by atoms with Crippen molar-refractivity contribution in [2.45, 2.75) is 25.1 Å². The molecule has 1 N–H and O–H groups in total. The quantitative estimate of drug-likeness (QED) is 0.677. The Bertz CT molecular complexity index is 750. The highest BCUT2D eigenvalue weighted by Crippen LogP contribution is 2.36. The molecule has 2 aromatic rings. The van der Waals surface area contributed by atoms with E-state index in [4.69, 9.17) is 4.74 Å². The maximum absolute atomic E-state index is 13.2. The van der Waals surface area contributed by atoms with E-state index in [0.717, 1.165) is 29.8 Å². The van der Waals surface area contributed by atoms with Gasteiger partial charge in [0.05, 0.1) is 0 Å². The lowest BCUT2D eigenvalue weighted by Crippen LogP contribution is -2.45. The monoisotopic (exact) mass is 393 g/mol. The SMILES string of the molecule is O=C(Nc1ccc(OC(F)(F)C(F)C(F)(F)F)cc1)OCc1ccccc1. The number of nitrogens with one attached hydrogen (secondary N) is 1. The molecule has 0 bridgehead atoms. The number of carbonyl (C=O) groups excluding carboxylic acids is 1. The summed E-state index contributed by atoms with van der Waals surface area (Å²) in [6, 6.07) is 12.6. The van der Waals surface area contributed by atoms with E-state index in [1.54, 1.807) is 30.3 Å². The summed E-state index contributed by atoms with van der Waals surface area (Å²) >= 11 is 0. The molecule has 10 heteroatoms. The van der Waals surface area contributed by atoms with Crippen LogP contribution in [0.4, 0.5) is 36.8 Å². The van der Waals surface area contributed by atoms with Crippen LogP contribution < -0.4 is 10.1 Å². The first kappa shape index (κ1) is 20.4. The van der Waals surface area contributed by atoms with E-state index in [0.29, 0.717) is 0 Å². The highest BCUT2D eigenvalue weighted by molar-refractivity contribution is 5.84. The second kappa shape index (κ2) is 8.19. The predicted octanol–water partition coefficient (Wildman–Crippen LogP) is 5.31. The molecular weight excluding hydrogens is 380 g/mol. The summed E-state index contributed by atoms with van der Waals surface area (Å²) in [6.07, 6.45) is -16.2. The van der Waals surface area contributed by atoms with Gasteiger partial charge in [-0.1, -0.05) is 30.3 Å². The lowest BCUT2D eigenvalue weighted by Gasteiger charge is -2.23. The second-order valence-electron chi connectivity index (χ2n) is 5.28. The van der Waals surface area contributed by atoms with E-state index >= 15 is 0 Å². The Kier molecular flexibility index (Phi) is 6.19. The Hall–Kier alpha value is -2.91. The molecule has 0 aliphatic rings. The molecule has 0 saturated carbocycles. The number of carbonyl (C=O) groups is 1. The van der Waals surface area contributed by atoms with Gasteiger partial charge in [0.1, 0.15) is 12.4 Å². The average molecular weight is 393 g/mol. The average Bonchev–Trinajstić information content (AvgIpc) is 2.61. The summed E-state index contributed by atoms with van der Waals surface area (Å²) < 4.78 is 84.0. The van der Waals surface area contributed by atoms with Gasteiger partial charge in [-0.3, -0.25) is 5.32 Å². The van der Waals surface area contributed by atoms with Gasteiger partial charge in [0.25, 0.3) is 6.17 Å². The molecular formula is C17H13F6NO3. The fourth-order valence-corrected chi connectivity index (χ4v) is 1.88. The minimum Gasteiger partial charge on any atom is -0.444 e. The van der Waals surface area contributed by atoms with E-state index in [-0.39, 0.29) is 12.3 Å². The zero-order valence-corrected chi connectivity index (χ0v) is 13.5. The minimum absolute atomic E-state index is 0.00454. The molecule has 0 aliphatic carbocycles. The van der Waals surface area contributed by atoms with Crippen molar-refractivity contribution in [3.05, 3.63) is 60.2 Å². The molecule has 1 atom stereocenters. The number of anilines is 1. The van der Waals surface area contributed by atoms with Gasteiger partial charge >= 0.3 is 18.4 Å². The zero-order valence-electron chi connectivity index (χ0n) is 13.5. The van der Waals surface area contributed by atoms with E-state index in [1.807, 2.05) is 0 Å². The molecule has 0 radical (unpaired) electrons. The Balaban J connectivity index is 1.90. The van der Waals surface area contributed by atoms with Crippen LogP contribution in [0.3, 0.4) is 0 Å². The number of alkyl halides is 6. The Labute approximate surface area is 149 Å². The zero-order chi connectivity index (χ0) is 20.1. The third kappa shape index (κ3) is 6.08. The summed E-state index contributed by atoms with van der Waals surface area (Å²) in [5.74, 6) is -0.713. The summed E-state index contributed by atoms with van der Waals surface area (Å²) in [6.45, 7) is -0.00454. The van der Waals surface area contributed by atoms with Crippen LogP contribution in [-0.2, 0) is 11.3 Å². The number of ether oxygens (including phenoxy) is 2. The fourth-order valence-electron chi connectivity index (χ4n) is 1.88. The molecule has 27 heavy (non-hydrogen) atoms. The number of hydrogen-bond acceptors (Lipinski definition) is 3. The van der Waals surface area contributed by atoms with Gasteiger partial charge in [-0.15, -0.1) is 0 Å². The molecule has 0 heterocycles. The highest BCUT2D eigenvalue weighted by Gasteiger charge is 2.59. The Morgan fingerprint density at radius 2 is 1.56 bits per heavy atom. The normalized spacial score (nSPS) is 13.0. The molecule has 1 amide bonds. The third-order valence-corrected chi connectivity index (χ3v) is 3.15. The van der Waals surface area contributed by atoms with Gasteiger partial charge in [0, 0.05) is 5.69 Å². The lowest BCUT2D eigenvalue weighted by molar-refractivity contribution is -0.304. The van der Waals surface area contributed by atoms with Crippen LogP contribution in [0.5, 0.6) is 5.75 Å². The van der Waals surface area contributed by atoms with Gasteiger partial charge in [0.15, 0.2) is 0 Å². The summed E-state index contributed by atoms with van der Waals surface area (Å²) in [7, 11) is 0. The van der Waals surface area contributed by atoms with Gasteiger partial charge < -0.3 is 9.47 Å². The van der Waals surface area contributed by atoms with Crippen molar-refractivity contribution < 1.29 is 40.6 Å². The molecule has 0 aliphatic heterocycles. The molecule has 0 saturated heterocycles. The van der Waals surface area contributed by atoms with E-state index in [2.05, 4.69) is 10.1 Å². The smallest absolute Gasteiger partial charge is 0.439 e. The summed E-state index contributed by atoms with van der Waals surface area (Å²) in [5, 5.41) is 2.29. The predicted molar refractivity (Wildman–Crippen MR) is 83.2 cm³/mol. The van der Waals surface area contributed by atoms with Crippen LogP contribution in [0.25, 0.3) is 0 Å². The lowest BCUT2D eigenvalue weighted by atomic mass is 10.2. The number of benzene rings is 2.